The Bertz CT molecular complexity index is 458. The molecule has 1 aromatic carbocycles. The topological polar surface area (TPSA) is 38.5 Å². The van der Waals surface area contributed by atoms with Gasteiger partial charge in [-0.2, -0.15) is 0 Å². The predicted molar refractivity (Wildman–Crippen MR) is 91.7 cm³/mol. The molecule has 0 aromatic heterocycles. The van der Waals surface area contributed by atoms with Gasteiger partial charge in [0.1, 0.15) is 5.75 Å². The number of ether oxygens (including phenoxy) is 1. The van der Waals surface area contributed by atoms with E-state index in [2.05, 4.69) is 40.9 Å². The molecule has 1 aliphatic rings. The highest BCUT2D eigenvalue weighted by Crippen LogP contribution is 2.35. The van der Waals surface area contributed by atoms with Gasteiger partial charge in [0, 0.05) is 22.6 Å². The van der Waals surface area contributed by atoms with Gasteiger partial charge in [-0.25, -0.2) is 0 Å². The van der Waals surface area contributed by atoms with E-state index in [1.807, 2.05) is 12.1 Å². The lowest BCUT2D eigenvalue weighted by molar-refractivity contribution is 0.124. The lowest BCUT2D eigenvalue weighted by Crippen LogP contribution is -2.40. The largest absolute Gasteiger partial charge is 0.496 e. The van der Waals surface area contributed by atoms with Gasteiger partial charge in [-0.05, 0) is 56.8 Å². The molecule has 1 atom stereocenters. The molecule has 0 heterocycles. The van der Waals surface area contributed by atoms with Crippen molar-refractivity contribution in [2.24, 2.45) is 11.7 Å². The third-order valence-electron chi connectivity index (χ3n) is 4.83. The summed E-state index contributed by atoms with van der Waals surface area (Å²) in [6, 6.07) is 6.99. The zero-order valence-corrected chi connectivity index (χ0v) is 14.9. The molecule has 21 heavy (non-hydrogen) atoms. The van der Waals surface area contributed by atoms with Crippen molar-refractivity contribution >= 4 is 15.9 Å². The quantitative estimate of drug-likeness (QED) is 0.869. The van der Waals surface area contributed by atoms with Crippen LogP contribution in [0.3, 0.4) is 0 Å². The summed E-state index contributed by atoms with van der Waals surface area (Å²) in [5, 5.41) is 0. The number of nitrogens with zero attached hydrogens (tertiary/aromatic N) is 1. The fraction of sp³-hybridized carbons (Fsp3) is 0.647. The summed E-state index contributed by atoms with van der Waals surface area (Å²) in [4.78, 5) is 2.45. The maximum absolute atomic E-state index is 6.10. The first kappa shape index (κ1) is 16.8. The van der Waals surface area contributed by atoms with E-state index in [4.69, 9.17) is 10.5 Å². The summed E-state index contributed by atoms with van der Waals surface area (Å²) in [7, 11) is 3.93. The summed E-state index contributed by atoms with van der Waals surface area (Å²) in [6.45, 7) is 2.96. The summed E-state index contributed by atoms with van der Waals surface area (Å²) in [5.74, 6) is 1.79. The Balaban J connectivity index is 2.20. The first-order valence-electron chi connectivity index (χ1n) is 7.82. The number of benzene rings is 1. The van der Waals surface area contributed by atoms with Crippen LogP contribution in [0.2, 0.25) is 0 Å². The van der Waals surface area contributed by atoms with E-state index >= 15 is 0 Å². The van der Waals surface area contributed by atoms with E-state index in [0.717, 1.165) is 16.1 Å². The van der Waals surface area contributed by atoms with Crippen LogP contribution in [0.15, 0.2) is 22.7 Å². The molecule has 0 radical (unpaired) electrons. The number of likely N-dealkylation sites (N-methyl/N-ethyl adjacent to an activating group) is 1. The average molecular weight is 355 g/mol. The van der Waals surface area contributed by atoms with Gasteiger partial charge in [0.25, 0.3) is 0 Å². The highest BCUT2D eigenvalue weighted by atomic mass is 79.9. The average Bonchev–Trinajstić information content (AvgIpc) is 2.49. The second-order valence-corrected chi connectivity index (χ2v) is 7.13. The fourth-order valence-electron chi connectivity index (χ4n) is 3.38. The Morgan fingerprint density at radius 1 is 1.33 bits per heavy atom. The van der Waals surface area contributed by atoms with Crippen LogP contribution < -0.4 is 10.5 Å². The standard InChI is InChI=1S/C17H27BrN2O/c1-12-4-7-14(8-5-12)20(2)16(11-19)15-10-13(18)6-9-17(15)21-3/h6,9-10,12,14,16H,4-5,7-8,11,19H2,1-3H3. The van der Waals surface area contributed by atoms with Gasteiger partial charge in [0.05, 0.1) is 13.2 Å². The Hall–Kier alpha value is -0.580. The summed E-state index contributed by atoms with van der Waals surface area (Å²) < 4.78 is 6.61. The zero-order chi connectivity index (χ0) is 15.4. The molecule has 4 heteroatoms. The van der Waals surface area contributed by atoms with Crippen molar-refractivity contribution < 1.29 is 4.74 Å². The molecular weight excluding hydrogens is 328 g/mol. The van der Waals surface area contributed by atoms with Crippen LogP contribution in [-0.4, -0.2) is 31.6 Å². The number of hydrogen-bond acceptors (Lipinski definition) is 3. The fourth-order valence-corrected chi connectivity index (χ4v) is 3.76. The van der Waals surface area contributed by atoms with Crippen molar-refractivity contribution in [1.82, 2.24) is 4.90 Å². The Morgan fingerprint density at radius 3 is 2.57 bits per heavy atom. The van der Waals surface area contributed by atoms with Gasteiger partial charge >= 0.3 is 0 Å². The Kier molecular flexibility index (Phi) is 6.08. The van der Waals surface area contributed by atoms with Crippen molar-refractivity contribution in [3.05, 3.63) is 28.2 Å². The number of rotatable bonds is 5. The van der Waals surface area contributed by atoms with Gasteiger partial charge in [-0.1, -0.05) is 22.9 Å². The van der Waals surface area contributed by atoms with Gasteiger partial charge in [0.2, 0.25) is 0 Å². The van der Waals surface area contributed by atoms with Crippen LogP contribution in [0.1, 0.15) is 44.2 Å². The maximum Gasteiger partial charge on any atom is 0.123 e. The molecule has 118 valence electrons. The molecule has 0 spiro atoms. The molecule has 0 bridgehead atoms. The van der Waals surface area contributed by atoms with E-state index < -0.39 is 0 Å². The van der Waals surface area contributed by atoms with Crippen molar-refractivity contribution in [3.8, 4) is 5.75 Å². The van der Waals surface area contributed by atoms with Crippen LogP contribution in [-0.2, 0) is 0 Å². The lowest BCUT2D eigenvalue weighted by atomic mass is 9.86. The van der Waals surface area contributed by atoms with E-state index in [0.29, 0.717) is 12.6 Å². The molecule has 1 saturated carbocycles. The van der Waals surface area contributed by atoms with Gasteiger partial charge in [0.15, 0.2) is 0 Å². The van der Waals surface area contributed by atoms with Crippen molar-refractivity contribution in [3.63, 3.8) is 0 Å². The van der Waals surface area contributed by atoms with E-state index in [1.54, 1.807) is 7.11 Å². The Labute approximate surface area is 137 Å². The minimum atomic E-state index is 0.204. The molecule has 3 nitrogen and oxygen atoms in total. The normalized spacial score (nSPS) is 24.1. The van der Waals surface area contributed by atoms with Gasteiger partial charge < -0.3 is 10.5 Å². The van der Waals surface area contributed by atoms with Crippen LogP contribution in [0.5, 0.6) is 5.75 Å². The van der Waals surface area contributed by atoms with Crippen LogP contribution in [0.25, 0.3) is 0 Å². The molecule has 1 unspecified atom stereocenters. The molecule has 0 saturated heterocycles. The first-order valence-corrected chi connectivity index (χ1v) is 8.61. The van der Waals surface area contributed by atoms with Crippen molar-refractivity contribution in [2.45, 2.75) is 44.7 Å². The smallest absolute Gasteiger partial charge is 0.123 e. The van der Waals surface area contributed by atoms with Crippen LogP contribution in [0, 0.1) is 5.92 Å². The third-order valence-corrected chi connectivity index (χ3v) is 5.32. The molecule has 1 fully saturated rings. The molecule has 1 aliphatic carbocycles. The summed E-state index contributed by atoms with van der Waals surface area (Å²) in [5.41, 5.74) is 7.28. The SMILES string of the molecule is COc1ccc(Br)cc1C(CN)N(C)C1CCC(C)CC1. The van der Waals surface area contributed by atoms with Crippen LogP contribution in [0.4, 0.5) is 0 Å². The number of methoxy groups -OCH3 is 1. The second kappa shape index (κ2) is 7.61. The van der Waals surface area contributed by atoms with Gasteiger partial charge in [-0.3, -0.25) is 4.90 Å². The van der Waals surface area contributed by atoms with E-state index in [9.17, 15) is 0 Å². The Morgan fingerprint density at radius 2 is 2.00 bits per heavy atom. The monoisotopic (exact) mass is 354 g/mol. The highest BCUT2D eigenvalue weighted by molar-refractivity contribution is 9.10. The van der Waals surface area contributed by atoms with Gasteiger partial charge in [-0.15, -0.1) is 0 Å². The van der Waals surface area contributed by atoms with E-state index in [-0.39, 0.29) is 6.04 Å². The number of halogens is 1. The molecular formula is C17H27BrN2O. The number of hydrogen-bond donors (Lipinski definition) is 1. The number of nitrogens with two attached hydrogens (primary N) is 1. The zero-order valence-electron chi connectivity index (χ0n) is 13.3. The highest BCUT2D eigenvalue weighted by Gasteiger charge is 2.28. The molecule has 0 amide bonds. The van der Waals surface area contributed by atoms with E-state index in [1.165, 1.54) is 31.2 Å². The van der Waals surface area contributed by atoms with Crippen molar-refractivity contribution in [2.75, 3.05) is 20.7 Å². The second-order valence-electron chi connectivity index (χ2n) is 6.22. The molecule has 2 N–H and O–H groups in total. The molecule has 1 aromatic rings. The minimum Gasteiger partial charge on any atom is -0.496 e. The lowest BCUT2D eigenvalue weighted by Gasteiger charge is -2.38. The maximum atomic E-state index is 6.10. The predicted octanol–water partition coefficient (Wildman–Crippen LogP) is 3.97. The third kappa shape index (κ3) is 3.99. The van der Waals surface area contributed by atoms with Crippen molar-refractivity contribution in [1.29, 1.82) is 0 Å². The summed E-state index contributed by atoms with van der Waals surface area (Å²) in [6.07, 6.45) is 5.18. The molecule has 2 rings (SSSR count). The first-order chi connectivity index (χ1) is 10.1. The summed E-state index contributed by atoms with van der Waals surface area (Å²) >= 11 is 3.56. The van der Waals surface area contributed by atoms with Crippen LogP contribution >= 0.6 is 15.9 Å². The minimum absolute atomic E-state index is 0.204. The molecule has 0 aliphatic heterocycles.